The third-order valence-electron chi connectivity index (χ3n) is 2.84. The highest BCUT2D eigenvalue weighted by atomic mass is 15.0. The van der Waals surface area contributed by atoms with Crippen LogP contribution in [0.15, 0.2) is 29.7 Å². The quantitative estimate of drug-likeness (QED) is 0.837. The van der Waals surface area contributed by atoms with Gasteiger partial charge in [-0.25, -0.2) is 4.98 Å². The molecule has 0 amide bonds. The second-order valence-electron chi connectivity index (χ2n) is 5.39. The molecule has 0 fully saturated rings. The molecule has 5 nitrogen and oxygen atoms in total. The molecule has 0 saturated heterocycles. The summed E-state index contributed by atoms with van der Waals surface area (Å²) in [6.45, 7) is 6.35. The lowest BCUT2D eigenvalue weighted by atomic mass is 9.92. The Bertz CT molecular complexity index is 643. The molecule has 0 unspecified atom stereocenters. The summed E-state index contributed by atoms with van der Waals surface area (Å²) >= 11 is 0. The Balaban J connectivity index is 2.63. The van der Waals surface area contributed by atoms with E-state index >= 15 is 0 Å². The summed E-state index contributed by atoms with van der Waals surface area (Å²) in [5, 5.41) is 0. The number of hydrogen-bond acceptors (Lipinski definition) is 4. The number of hydrogen-bond donors (Lipinski definition) is 1. The van der Waals surface area contributed by atoms with Gasteiger partial charge in [0.15, 0.2) is 5.65 Å². The molecule has 0 bridgehead atoms. The SMILES string of the molecule is CN=CC=C(N)c1cnc2c(C(C)(C)C)nccn12. The molecule has 2 heterocycles. The Morgan fingerprint density at radius 3 is 2.74 bits per heavy atom. The van der Waals surface area contributed by atoms with Crippen LogP contribution < -0.4 is 5.73 Å². The maximum atomic E-state index is 6.04. The van der Waals surface area contributed by atoms with E-state index in [0.717, 1.165) is 17.0 Å². The molecule has 100 valence electrons. The third kappa shape index (κ3) is 2.50. The van der Waals surface area contributed by atoms with Crippen LogP contribution in [-0.2, 0) is 5.41 Å². The number of aromatic nitrogens is 3. The zero-order valence-corrected chi connectivity index (χ0v) is 11.8. The van der Waals surface area contributed by atoms with Crippen LogP contribution in [0.4, 0.5) is 0 Å². The summed E-state index contributed by atoms with van der Waals surface area (Å²) in [6, 6.07) is 0. The van der Waals surface area contributed by atoms with E-state index in [1.54, 1.807) is 31.7 Å². The van der Waals surface area contributed by atoms with E-state index in [0.29, 0.717) is 5.70 Å². The van der Waals surface area contributed by atoms with Gasteiger partial charge < -0.3 is 5.73 Å². The second kappa shape index (κ2) is 4.84. The summed E-state index contributed by atoms with van der Waals surface area (Å²) in [6.07, 6.45) is 8.85. The maximum absolute atomic E-state index is 6.04. The minimum atomic E-state index is -0.0610. The fraction of sp³-hybridized carbons (Fsp3) is 0.357. The number of allylic oxidation sites excluding steroid dienone is 1. The van der Waals surface area contributed by atoms with Gasteiger partial charge in [-0.2, -0.15) is 0 Å². The van der Waals surface area contributed by atoms with Gasteiger partial charge in [0.1, 0.15) is 0 Å². The van der Waals surface area contributed by atoms with Gasteiger partial charge in [-0.15, -0.1) is 0 Å². The lowest BCUT2D eigenvalue weighted by molar-refractivity contribution is 0.570. The third-order valence-corrected chi connectivity index (χ3v) is 2.84. The van der Waals surface area contributed by atoms with E-state index in [2.05, 4.69) is 35.7 Å². The predicted octanol–water partition coefficient (Wildman–Crippen LogP) is 2.03. The fourth-order valence-electron chi connectivity index (χ4n) is 1.90. The Morgan fingerprint density at radius 2 is 2.11 bits per heavy atom. The smallest absolute Gasteiger partial charge is 0.159 e. The van der Waals surface area contributed by atoms with Crippen LogP contribution in [0.1, 0.15) is 32.2 Å². The van der Waals surface area contributed by atoms with Crippen molar-refractivity contribution < 1.29 is 0 Å². The Hall–Kier alpha value is -2.17. The van der Waals surface area contributed by atoms with Crippen LogP contribution in [-0.4, -0.2) is 27.6 Å². The van der Waals surface area contributed by atoms with Crippen LogP contribution in [0.25, 0.3) is 11.3 Å². The Kier molecular flexibility index (Phi) is 3.38. The molecule has 2 N–H and O–H groups in total. The van der Waals surface area contributed by atoms with Crippen LogP contribution >= 0.6 is 0 Å². The van der Waals surface area contributed by atoms with Crippen molar-refractivity contribution in [1.29, 1.82) is 0 Å². The standard InChI is InChI=1S/C14H19N5/c1-14(2,3)12-13-18-9-11(10(15)5-6-16-4)19(13)8-7-17-12/h5-9H,15H2,1-4H3. The van der Waals surface area contributed by atoms with E-state index in [1.807, 2.05) is 10.6 Å². The molecule has 5 heteroatoms. The molecular weight excluding hydrogens is 238 g/mol. The van der Waals surface area contributed by atoms with E-state index in [9.17, 15) is 0 Å². The van der Waals surface area contributed by atoms with Crippen LogP contribution in [0.5, 0.6) is 0 Å². The topological polar surface area (TPSA) is 68.6 Å². The van der Waals surface area contributed by atoms with Crippen molar-refractivity contribution in [3.8, 4) is 0 Å². The van der Waals surface area contributed by atoms with Gasteiger partial charge in [-0.3, -0.25) is 14.4 Å². The van der Waals surface area contributed by atoms with Gasteiger partial charge in [0, 0.05) is 31.1 Å². The van der Waals surface area contributed by atoms with Crippen LogP contribution in [0.3, 0.4) is 0 Å². The summed E-state index contributed by atoms with van der Waals surface area (Å²) in [4.78, 5) is 12.8. The number of nitrogens with two attached hydrogens (primary N) is 1. The zero-order chi connectivity index (χ0) is 14.0. The Labute approximate surface area is 112 Å². The van der Waals surface area contributed by atoms with Crippen molar-refractivity contribution in [2.24, 2.45) is 10.7 Å². The van der Waals surface area contributed by atoms with E-state index in [4.69, 9.17) is 5.73 Å². The van der Waals surface area contributed by atoms with Crippen molar-refractivity contribution in [1.82, 2.24) is 14.4 Å². The van der Waals surface area contributed by atoms with Gasteiger partial charge in [-0.05, 0) is 6.08 Å². The minimum Gasteiger partial charge on any atom is -0.397 e. The monoisotopic (exact) mass is 257 g/mol. The fourth-order valence-corrected chi connectivity index (χ4v) is 1.90. The average Bonchev–Trinajstić information content (AvgIpc) is 2.78. The molecule has 19 heavy (non-hydrogen) atoms. The first-order valence-corrected chi connectivity index (χ1v) is 6.16. The van der Waals surface area contributed by atoms with Crippen molar-refractivity contribution in [3.05, 3.63) is 36.1 Å². The molecule has 2 aromatic heterocycles. The van der Waals surface area contributed by atoms with Gasteiger partial charge >= 0.3 is 0 Å². The highest BCUT2D eigenvalue weighted by Crippen LogP contribution is 2.24. The molecule has 0 spiro atoms. The van der Waals surface area contributed by atoms with E-state index < -0.39 is 0 Å². The Morgan fingerprint density at radius 1 is 1.37 bits per heavy atom. The summed E-state index contributed by atoms with van der Waals surface area (Å²) < 4.78 is 1.96. The summed E-state index contributed by atoms with van der Waals surface area (Å²) in [5.74, 6) is 0. The van der Waals surface area contributed by atoms with Gasteiger partial charge in [0.2, 0.25) is 0 Å². The highest BCUT2D eigenvalue weighted by Gasteiger charge is 2.21. The van der Waals surface area contributed by atoms with Crippen molar-refractivity contribution in [2.45, 2.75) is 26.2 Å². The summed E-state index contributed by atoms with van der Waals surface area (Å²) in [7, 11) is 1.71. The lowest BCUT2D eigenvalue weighted by Crippen LogP contribution is -2.15. The van der Waals surface area contributed by atoms with Crippen molar-refractivity contribution in [2.75, 3.05) is 7.05 Å². The molecule has 0 aliphatic rings. The first kappa shape index (κ1) is 13.3. The normalized spacial score (nSPS) is 13.6. The van der Waals surface area contributed by atoms with E-state index in [-0.39, 0.29) is 5.41 Å². The largest absolute Gasteiger partial charge is 0.397 e. The number of fused-ring (bicyclic) bond motifs is 1. The van der Waals surface area contributed by atoms with Gasteiger partial charge in [-0.1, -0.05) is 20.8 Å². The van der Waals surface area contributed by atoms with E-state index in [1.165, 1.54) is 0 Å². The summed E-state index contributed by atoms with van der Waals surface area (Å²) in [5.41, 5.74) is 9.26. The highest BCUT2D eigenvalue weighted by molar-refractivity contribution is 5.83. The maximum Gasteiger partial charge on any atom is 0.159 e. The van der Waals surface area contributed by atoms with Crippen LogP contribution in [0, 0.1) is 0 Å². The zero-order valence-electron chi connectivity index (χ0n) is 11.8. The average molecular weight is 257 g/mol. The molecule has 0 radical (unpaired) electrons. The van der Waals surface area contributed by atoms with Gasteiger partial charge in [0.25, 0.3) is 0 Å². The number of aliphatic imine (C=N–C) groups is 1. The van der Waals surface area contributed by atoms with Gasteiger partial charge in [0.05, 0.1) is 23.3 Å². The number of nitrogens with zero attached hydrogens (tertiary/aromatic N) is 4. The second-order valence-corrected chi connectivity index (χ2v) is 5.39. The van der Waals surface area contributed by atoms with Crippen LogP contribution in [0.2, 0.25) is 0 Å². The molecule has 2 aromatic rings. The molecule has 0 saturated carbocycles. The lowest BCUT2D eigenvalue weighted by Gasteiger charge is -2.18. The molecule has 0 aliphatic carbocycles. The minimum absolute atomic E-state index is 0.0610. The number of rotatable bonds is 2. The number of imidazole rings is 1. The molecule has 0 atom stereocenters. The first-order chi connectivity index (χ1) is 8.95. The first-order valence-electron chi connectivity index (χ1n) is 6.16. The molecular formula is C14H19N5. The predicted molar refractivity (Wildman–Crippen MR) is 78.3 cm³/mol. The van der Waals surface area contributed by atoms with Crippen molar-refractivity contribution in [3.63, 3.8) is 0 Å². The molecule has 0 aliphatic heterocycles. The molecule has 2 rings (SSSR count). The van der Waals surface area contributed by atoms with Crippen molar-refractivity contribution >= 4 is 17.6 Å². The molecule has 0 aromatic carbocycles.